The second-order valence-corrected chi connectivity index (χ2v) is 11.1. The van der Waals surface area contributed by atoms with Crippen LogP contribution >= 0.6 is 45.2 Å². The molecular formula is C28H21I2N7O5. The molecule has 0 radical (unpaired) electrons. The number of aromatic nitrogens is 6. The topological polar surface area (TPSA) is 160 Å². The average molecular weight is 789 g/mol. The Balaban J connectivity index is 0.000000168. The van der Waals surface area contributed by atoms with Crippen molar-refractivity contribution in [1.82, 2.24) is 29.5 Å². The van der Waals surface area contributed by atoms with Crippen LogP contribution in [0.2, 0.25) is 0 Å². The van der Waals surface area contributed by atoms with E-state index in [1.165, 1.54) is 11.8 Å². The number of methoxy groups -OCH3 is 2. The number of carbonyl (C=O) groups is 2. The van der Waals surface area contributed by atoms with Crippen LogP contribution in [-0.4, -0.2) is 60.7 Å². The van der Waals surface area contributed by atoms with Crippen molar-refractivity contribution < 1.29 is 24.2 Å². The number of nitrogens with two attached hydrogens (primary N) is 1. The van der Waals surface area contributed by atoms with Crippen LogP contribution < -0.4 is 15.2 Å². The molecule has 0 bridgehead atoms. The van der Waals surface area contributed by atoms with Gasteiger partial charge in [-0.15, -0.1) is 0 Å². The summed E-state index contributed by atoms with van der Waals surface area (Å²) >= 11 is 4.36. The normalized spacial score (nSPS) is 10.8. The summed E-state index contributed by atoms with van der Waals surface area (Å²) in [6.07, 6.45) is 3.35. The molecule has 6 aromatic rings. The van der Waals surface area contributed by atoms with Crippen LogP contribution in [0.25, 0.3) is 33.4 Å². The zero-order chi connectivity index (χ0) is 30.0. The number of ether oxygens (including phenoxy) is 2. The first kappa shape index (κ1) is 29.2. The Hall–Kier alpha value is -4.32. The molecule has 212 valence electrons. The maximum atomic E-state index is 11.6. The number of hydrogen-bond acceptors (Lipinski definition) is 8. The van der Waals surface area contributed by atoms with Gasteiger partial charge in [0.25, 0.3) is 5.91 Å². The van der Waals surface area contributed by atoms with Gasteiger partial charge in [0, 0.05) is 30.3 Å². The van der Waals surface area contributed by atoms with Crippen LogP contribution in [0.5, 0.6) is 11.5 Å². The molecule has 0 fully saturated rings. The first-order valence-electron chi connectivity index (χ1n) is 12.1. The number of amides is 1. The van der Waals surface area contributed by atoms with Gasteiger partial charge in [0.05, 0.1) is 25.3 Å². The van der Waals surface area contributed by atoms with Gasteiger partial charge in [0.2, 0.25) is 0 Å². The lowest BCUT2D eigenvalue weighted by atomic mass is 10.2. The Kier molecular flexibility index (Phi) is 8.53. The van der Waals surface area contributed by atoms with Crippen molar-refractivity contribution in [2.45, 2.75) is 0 Å². The second-order valence-electron chi connectivity index (χ2n) is 8.62. The zero-order valence-corrected chi connectivity index (χ0v) is 26.3. The Morgan fingerprint density at radius 3 is 1.60 bits per heavy atom. The highest BCUT2D eigenvalue weighted by Gasteiger charge is 2.19. The molecule has 42 heavy (non-hydrogen) atoms. The number of pyridine rings is 2. The number of aromatic carboxylic acids is 1. The van der Waals surface area contributed by atoms with Gasteiger partial charge in [-0.1, -0.05) is 0 Å². The molecule has 1 amide bonds. The van der Waals surface area contributed by atoms with Crippen LogP contribution in [-0.2, 0) is 0 Å². The highest BCUT2D eigenvalue weighted by Crippen LogP contribution is 2.27. The van der Waals surface area contributed by atoms with E-state index < -0.39 is 11.9 Å². The maximum absolute atomic E-state index is 11.6. The van der Waals surface area contributed by atoms with Gasteiger partial charge in [0.1, 0.15) is 11.5 Å². The molecule has 0 aliphatic heterocycles. The highest BCUT2D eigenvalue weighted by molar-refractivity contribution is 14.1. The molecule has 4 heterocycles. The van der Waals surface area contributed by atoms with E-state index in [9.17, 15) is 14.7 Å². The summed E-state index contributed by atoms with van der Waals surface area (Å²) in [4.78, 5) is 31.5. The lowest BCUT2D eigenvalue weighted by Crippen LogP contribution is -2.12. The second kappa shape index (κ2) is 12.3. The van der Waals surface area contributed by atoms with E-state index in [1.807, 2.05) is 30.3 Å². The standard InChI is InChI=1S/C14H11IN4O2.C14H10IN3O3/c1-21-9-2-3-11-10(7-9)13(14(16)20)18-19(11)12-6-8(15)4-5-17-12;1-21-9-2-3-11-10(7-9)13(14(19)20)17-18(11)12-6-8(15)4-5-16-12/h2-7H,1H3,(H2,16,20);2-7H,1H3,(H,19,20). The molecule has 14 heteroatoms. The van der Waals surface area contributed by atoms with Gasteiger partial charge in [-0.2, -0.15) is 10.2 Å². The fraction of sp³-hybridized carbons (Fsp3) is 0.0714. The predicted octanol–water partition coefficient (Wildman–Crippen LogP) is 4.86. The Bertz CT molecular complexity index is 1830. The summed E-state index contributed by atoms with van der Waals surface area (Å²) in [5, 5.41) is 18.9. The third-order valence-electron chi connectivity index (χ3n) is 6.06. The molecule has 0 atom stereocenters. The number of halogens is 2. The van der Waals surface area contributed by atoms with E-state index in [0.717, 1.165) is 12.7 Å². The minimum atomic E-state index is -1.09. The number of fused-ring (bicyclic) bond motifs is 2. The number of rotatable bonds is 6. The highest BCUT2D eigenvalue weighted by atomic mass is 127. The smallest absolute Gasteiger partial charge is 0.357 e. The molecular weight excluding hydrogens is 768 g/mol. The molecule has 6 rings (SSSR count). The first-order chi connectivity index (χ1) is 20.2. The molecule has 0 aliphatic carbocycles. The van der Waals surface area contributed by atoms with Crippen molar-refractivity contribution in [1.29, 1.82) is 0 Å². The van der Waals surface area contributed by atoms with Crippen LogP contribution in [0.3, 0.4) is 0 Å². The summed E-state index contributed by atoms with van der Waals surface area (Å²) in [5.41, 5.74) is 7.01. The van der Waals surface area contributed by atoms with Gasteiger partial charge in [-0.3, -0.25) is 4.79 Å². The fourth-order valence-corrected chi connectivity index (χ4v) is 5.04. The molecule has 0 saturated heterocycles. The van der Waals surface area contributed by atoms with Crippen LogP contribution in [0.1, 0.15) is 21.0 Å². The summed E-state index contributed by atoms with van der Waals surface area (Å²) in [7, 11) is 3.10. The van der Waals surface area contributed by atoms with Crippen molar-refractivity contribution in [3.63, 3.8) is 0 Å². The van der Waals surface area contributed by atoms with Crippen LogP contribution in [0.15, 0.2) is 73.1 Å². The van der Waals surface area contributed by atoms with Gasteiger partial charge in [-0.05, 0) is 106 Å². The first-order valence-corrected chi connectivity index (χ1v) is 14.3. The third kappa shape index (κ3) is 5.85. The summed E-state index contributed by atoms with van der Waals surface area (Å²) in [6, 6.07) is 18.0. The summed E-state index contributed by atoms with van der Waals surface area (Å²) in [5.74, 6) is 0.754. The number of primary amides is 1. The van der Waals surface area contributed by atoms with Crippen molar-refractivity contribution in [3.05, 3.63) is 91.6 Å². The number of carbonyl (C=O) groups excluding carboxylic acids is 1. The molecule has 3 N–H and O–H groups in total. The summed E-state index contributed by atoms with van der Waals surface area (Å²) in [6.45, 7) is 0. The van der Waals surface area contributed by atoms with Crippen LogP contribution in [0, 0.1) is 7.14 Å². The monoisotopic (exact) mass is 789 g/mol. The third-order valence-corrected chi connectivity index (χ3v) is 7.40. The van der Waals surface area contributed by atoms with Gasteiger partial charge in [0.15, 0.2) is 23.0 Å². The number of carboxylic acid groups (broad SMARTS) is 1. The summed E-state index contributed by atoms with van der Waals surface area (Å²) < 4.78 is 15.5. The Morgan fingerprint density at radius 2 is 1.19 bits per heavy atom. The predicted molar refractivity (Wildman–Crippen MR) is 172 cm³/mol. The Labute approximate surface area is 265 Å². The van der Waals surface area contributed by atoms with E-state index in [1.54, 1.807) is 54.5 Å². The fourth-order valence-electron chi connectivity index (χ4n) is 4.16. The number of nitrogens with zero attached hydrogens (tertiary/aromatic N) is 6. The average Bonchev–Trinajstić information content (AvgIpc) is 3.56. The molecule has 0 aliphatic rings. The lowest BCUT2D eigenvalue weighted by molar-refractivity contribution is 0.0691. The molecule has 4 aromatic heterocycles. The minimum Gasteiger partial charge on any atom is -0.497 e. The van der Waals surface area contributed by atoms with Crippen molar-refractivity contribution in [2.75, 3.05) is 14.2 Å². The SMILES string of the molecule is COc1ccc2c(c1)c(C(=O)O)nn2-c1cc(I)ccn1.COc1ccc2c(c1)c(C(N)=O)nn2-c1cc(I)ccn1. The Morgan fingerprint density at radius 1 is 0.738 bits per heavy atom. The molecule has 0 spiro atoms. The van der Waals surface area contributed by atoms with E-state index in [2.05, 4.69) is 65.3 Å². The number of carboxylic acids is 1. The van der Waals surface area contributed by atoms with E-state index in [4.69, 9.17) is 15.2 Å². The maximum Gasteiger partial charge on any atom is 0.357 e. The number of benzene rings is 2. The molecule has 0 saturated carbocycles. The van der Waals surface area contributed by atoms with Gasteiger partial charge < -0.3 is 20.3 Å². The van der Waals surface area contributed by atoms with E-state index in [0.29, 0.717) is 39.4 Å². The molecule has 12 nitrogen and oxygen atoms in total. The van der Waals surface area contributed by atoms with E-state index >= 15 is 0 Å². The number of hydrogen-bond donors (Lipinski definition) is 2. The van der Waals surface area contributed by atoms with Crippen molar-refractivity contribution in [3.8, 4) is 23.1 Å². The zero-order valence-electron chi connectivity index (χ0n) is 22.0. The molecule has 2 aromatic carbocycles. The van der Waals surface area contributed by atoms with Gasteiger partial charge in [-0.25, -0.2) is 24.1 Å². The quantitative estimate of drug-likeness (QED) is 0.225. The van der Waals surface area contributed by atoms with Crippen molar-refractivity contribution >= 4 is 78.9 Å². The van der Waals surface area contributed by atoms with Crippen LogP contribution in [0.4, 0.5) is 0 Å². The molecule has 0 unspecified atom stereocenters. The van der Waals surface area contributed by atoms with Gasteiger partial charge >= 0.3 is 5.97 Å². The van der Waals surface area contributed by atoms with E-state index in [-0.39, 0.29) is 11.4 Å². The lowest BCUT2D eigenvalue weighted by Gasteiger charge is -2.03. The minimum absolute atomic E-state index is 0.0236. The van der Waals surface area contributed by atoms with Crippen molar-refractivity contribution in [2.24, 2.45) is 5.73 Å². The largest absolute Gasteiger partial charge is 0.497 e.